The molecule has 0 aliphatic carbocycles. The number of imidazole rings is 1. The predicted octanol–water partition coefficient (Wildman–Crippen LogP) is 2.27. The molecule has 0 N–H and O–H groups in total. The number of nitro groups is 1. The lowest BCUT2D eigenvalue weighted by molar-refractivity contribution is -0.389. The lowest BCUT2D eigenvalue weighted by Crippen LogP contribution is -2.08. The largest absolute Gasteiger partial charge is 0.487 e. The summed E-state index contributed by atoms with van der Waals surface area (Å²) in [5, 5.41) is 18.0. The Balaban J connectivity index is 0.000000159. The normalized spacial score (nSPS) is 14.7. The van der Waals surface area contributed by atoms with Gasteiger partial charge in [-0.25, -0.2) is 0 Å². The fourth-order valence-electron chi connectivity index (χ4n) is 2.52. The van der Waals surface area contributed by atoms with Crippen molar-refractivity contribution in [2.45, 2.75) is 33.1 Å². The predicted molar refractivity (Wildman–Crippen MR) is 95.5 cm³/mol. The Bertz CT molecular complexity index is 912. The van der Waals surface area contributed by atoms with E-state index in [1.807, 2.05) is 51.4 Å². The second-order valence-corrected chi connectivity index (χ2v) is 6.16. The van der Waals surface area contributed by atoms with Gasteiger partial charge in [-0.05, 0) is 30.4 Å². The molecular weight excluding hydrogens is 352 g/mol. The minimum Gasteiger partial charge on any atom is -0.487 e. The maximum absolute atomic E-state index is 10.3. The number of aromatic nitrogens is 5. The van der Waals surface area contributed by atoms with Crippen molar-refractivity contribution in [2.75, 3.05) is 0 Å². The molecule has 3 aromatic rings. The van der Waals surface area contributed by atoms with Crippen molar-refractivity contribution < 1.29 is 14.4 Å². The highest BCUT2D eigenvalue weighted by Gasteiger charge is 2.28. The van der Waals surface area contributed by atoms with Crippen LogP contribution in [0.15, 0.2) is 36.7 Å². The molecule has 0 amide bonds. The van der Waals surface area contributed by atoms with Crippen LogP contribution in [0.1, 0.15) is 18.2 Å². The summed E-state index contributed by atoms with van der Waals surface area (Å²) in [6, 6.07) is 8.26. The van der Waals surface area contributed by atoms with Crippen LogP contribution in [0.25, 0.3) is 0 Å². The summed E-state index contributed by atoms with van der Waals surface area (Å²) in [7, 11) is 1.84. The van der Waals surface area contributed by atoms with Gasteiger partial charge in [0.1, 0.15) is 30.4 Å². The molecule has 2 aromatic heterocycles. The first kappa shape index (κ1) is 18.4. The number of hydrogen-bond donors (Lipinski definition) is 0. The zero-order valence-electron chi connectivity index (χ0n) is 15.3. The number of hydrogen-bond acceptors (Lipinski definition) is 7. The zero-order valence-corrected chi connectivity index (χ0v) is 15.3. The Hall–Kier alpha value is -3.43. The molecule has 0 radical (unpaired) electrons. The zero-order chi connectivity index (χ0) is 19.4. The monoisotopic (exact) mass is 372 g/mol. The molecule has 1 unspecified atom stereocenters. The van der Waals surface area contributed by atoms with Crippen LogP contribution in [-0.4, -0.2) is 35.6 Å². The molecule has 0 spiro atoms. The van der Waals surface area contributed by atoms with Crippen molar-refractivity contribution in [2.24, 2.45) is 7.05 Å². The van der Waals surface area contributed by atoms with Gasteiger partial charge in [-0.3, -0.25) is 9.25 Å². The van der Waals surface area contributed by atoms with Gasteiger partial charge in [0.25, 0.3) is 0 Å². The third-order valence-electron chi connectivity index (χ3n) is 3.79. The van der Waals surface area contributed by atoms with Crippen LogP contribution >= 0.6 is 0 Å². The molecule has 0 fully saturated rings. The van der Waals surface area contributed by atoms with Crippen LogP contribution < -0.4 is 9.47 Å². The van der Waals surface area contributed by atoms with Gasteiger partial charge in [0.05, 0.1) is 12.7 Å². The topological polar surface area (TPSA) is 110 Å². The van der Waals surface area contributed by atoms with E-state index in [-0.39, 0.29) is 11.9 Å². The van der Waals surface area contributed by atoms with E-state index in [4.69, 9.17) is 9.47 Å². The molecule has 3 heterocycles. The average Bonchev–Trinajstić information content (AvgIpc) is 3.29. The molecule has 1 aliphatic rings. The van der Waals surface area contributed by atoms with Crippen molar-refractivity contribution >= 4 is 5.82 Å². The lowest BCUT2D eigenvalue weighted by Gasteiger charge is -2.06. The fraction of sp³-hybridized carbons (Fsp3) is 0.353. The number of fused-ring (bicyclic) bond motifs is 1. The Kier molecular flexibility index (Phi) is 5.34. The first-order chi connectivity index (χ1) is 12.9. The summed E-state index contributed by atoms with van der Waals surface area (Å²) in [6.45, 7) is 5.00. The van der Waals surface area contributed by atoms with Crippen molar-refractivity contribution in [3.05, 3.63) is 58.0 Å². The van der Waals surface area contributed by atoms with Gasteiger partial charge in [0, 0.05) is 12.0 Å². The number of ether oxygens (including phenoxy) is 2. The van der Waals surface area contributed by atoms with Crippen LogP contribution in [0.3, 0.4) is 0 Å². The van der Waals surface area contributed by atoms with Gasteiger partial charge in [-0.2, -0.15) is 0 Å². The van der Waals surface area contributed by atoms with Gasteiger partial charge >= 0.3 is 11.8 Å². The van der Waals surface area contributed by atoms with E-state index in [2.05, 4.69) is 15.3 Å². The maximum Gasteiger partial charge on any atom is 0.414 e. The number of para-hydroxylation sites is 1. The van der Waals surface area contributed by atoms with Crippen LogP contribution in [0.5, 0.6) is 11.8 Å². The highest BCUT2D eigenvalue weighted by atomic mass is 16.6. The van der Waals surface area contributed by atoms with Crippen LogP contribution in [0.4, 0.5) is 5.82 Å². The highest BCUT2D eigenvalue weighted by molar-refractivity contribution is 5.31. The minimum absolute atomic E-state index is 0.0632. The molecule has 4 rings (SSSR count). The molecule has 1 aromatic carbocycles. The first-order valence-corrected chi connectivity index (χ1v) is 8.34. The van der Waals surface area contributed by atoms with Crippen molar-refractivity contribution in [1.29, 1.82) is 0 Å². The smallest absolute Gasteiger partial charge is 0.414 e. The molecular formula is C17H20N6O4. The SMILES string of the molecule is CC1Cn2cc([N+](=O)[O-])nc2O1.Cc1ccccc1OCc1cn(C)nn1. The van der Waals surface area contributed by atoms with Gasteiger partial charge in [0.15, 0.2) is 0 Å². The summed E-state index contributed by atoms with van der Waals surface area (Å²) < 4.78 is 14.1. The third kappa shape index (κ3) is 4.60. The number of aryl methyl sites for hydroxylation is 2. The highest BCUT2D eigenvalue weighted by Crippen LogP contribution is 2.24. The second kappa shape index (κ2) is 7.85. The molecule has 0 saturated heterocycles. The van der Waals surface area contributed by atoms with Gasteiger partial charge in [-0.1, -0.05) is 23.4 Å². The van der Waals surface area contributed by atoms with Crippen molar-refractivity contribution in [1.82, 2.24) is 24.5 Å². The Morgan fingerprint density at radius 2 is 2.15 bits per heavy atom. The summed E-state index contributed by atoms with van der Waals surface area (Å²) in [6.07, 6.45) is 3.30. The van der Waals surface area contributed by atoms with E-state index in [9.17, 15) is 10.1 Å². The number of nitrogens with zero attached hydrogens (tertiary/aromatic N) is 6. The third-order valence-corrected chi connectivity index (χ3v) is 3.79. The van der Waals surface area contributed by atoms with Crippen LogP contribution in [0.2, 0.25) is 0 Å². The van der Waals surface area contributed by atoms with E-state index < -0.39 is 4.92 Å². The molecule has 10 heteroatoms. The number of benzene rings is 1. The summed E-state index contributed by atoms with van der Waals surface area (Å²) in [5.41, 5.74) is 1.96. The Morgan fingerprint density at radius 3 is 2.78 bits per heavy atom. The molecule has 0 bridgehead atoms. The fourth-order valence-corrected chi connectivity index (χ4v) is 2.52. The Labute approximate surface area is 155 Å². The van der Waals surface area contributed by atoms with Crippen LogP contribution in [0, 0.1) is 17.0 Å². The average molecular weight is 372 g/mol. The van der Waals surface area contributed by atoms with E-state index in [1.54, 1.807) is 9.25 Å². The van der Waals surface area contributed by atoms with Gasteiger partial charge < -0.3 is 19.6 Å². The lowest BCUT2D eigenvalue weighted by atomic mass is 10.2. The quantitative estimate of drug-likeness (QED) is 0.510. The summed E-state index contributed by atoms with van der Waals surface area (Å²) >= 11 is 0. The van der Waals surface area contributed by atoms with E-state index >= 15 is 0 Å². The molecule has 0 saturated carbocycles. The Morgan fingerprint density at radius 1 is 1.37 bits per heavy atom. The molecule has 1 aliphatic heterocycles. The van der Waals surface area contributed by atoms with E-state index in [0.717, 1.165) is 17.0 Å². The van der Waals surface area contributed by atoms with Crippen molar-refractivity contribution in [3.63, 3.8) is 0 Å². The molecule has 142 valence electrons. The number of rotatable bonds is 4. The van der Waals surface area contributed by atoms with Crippen molar-refractivity contribution in [3.8, 4) is 11.8 Å². The first-order valence-electron chi connectivity index (χ1n) is 8.34. The minimum atomic E-state index is -0.528. The van der Waals surface area contributed by atoms with Gasteiger partial charge in [0.2, 0.25) is 0 Å². The second-order valence-electron chi connectivity index (χ2n) is 6.16. The van der Waals surface area contributed by atoms with Gasteiger partial charge in [-0.15, -0.1) is 5.10 Å². The van der Waals surface area contributed by atoms with Crippen LogP contribution in [-0.2, 0) is 20.2 Å². The molecule has 1 atom stereocenters. The standard InChI is InChI=1S/C11H13N3O.C6H7N3O3/c1-9-5-3-4-6-11(9)15-8-10-7-14(2)13-12-10;1-4-2-8-3-5(9(10)11)7-6(8)12-4/h3-7H,8H2,1-2H3;3-4H,2H2,1H3. The molecule has 27 heavy (non-hydrogen) atoms. The molecule has 10 nitrogen and oxygen atoms in total. The summed E-state index contributed by atoms with van der Waals surface area (Å²) in [4.78, 5) is 13.4. The maximum atomic E-state index is 10.3. The van der Waals surface area contributed by atoms with E-state index in [1.165, 1.54) is 6.20 Å². The van der Waals surface area contributed by atoms with E-state index in [0.29, 0.717) is 19.2 Å². The summed E-state index contributed by atoms with van der Waals surface area (Å²) in [5.74, 6) is 0.736.